The molecule has 160 valence electrons. The van der Waals surface area contributed by atoms with Crippen molar-refractivity contribution < 1.29 is 13.2 Å². The third kappa shape index (κ3) is 5.43. The lowest BCUT2D eigenvalue weighted by molar-refractivity contribution is -0.144. The van der Waals surface area contributed by atoms with Crippen LogP contribution in [-0.2, 0) is 13.2 Å². The summed E-state index contributed by atoms with van der Waals surface area (Å²) in [5.74, 6) is -0.0911. The van der Waals surface area contributed by atoms with Gasteiger partial charge in [0.15, 0.2) is 0 Å². The van der Waals surface area contributed by atoms with Crippen molar-refractivity contribution in [2.45, 2.75) is 18.0 Å². The van der Waals surface area contributed by atoms with Crippen molar-refractivity contribution in [3.63, 3.8) is 0 Å². The average Bonchev–Trinajstić information content (AvgIpc) is 2.72. The number of aromatic nitrogens is 2. The van der Waals surface area contributed by atoms with Crippen LogP contribution in [0.2, 0.25) is 0 Å². The van der Waals surface area contributed by atoms with Crippen molar-refractivity contribution in [2.75, 3.05) is 0 Å². The predicted molar refractivity (Wildman–Crippen MR) is 116 cm³/mol. The number of hydrogen-bond donors (Lipinski definition) is 0. The summed E-state index contributed by atoms with van der Waals surface area (Å²) in [7, 11) is 0.965. The summed E-state index contributed by atoms with van der Waals surface area (Å²) < 4.78 is 40.5. The highest BCUT2D eigenvalue weighted by atomic mass is 32.2. The van der Waals surface area contributed by atoms with E-state index in [0.29, 0.717) is 20.9 Å². The molecule has 0 radical (unpaired) electrons. The molecule has 31 heavy (non-hydrogen) atoms. The predicted octanol–water partition coefficient (Wildman–Crippen LogP) is 4.76. The lowest BCUT2D eigenvalue weighted by Crippen LogP contribution is -2.44. The van der Waals surface area contributed by atoms with Gasteiger partial charge in [-0.1, -0.05) is 47.7 Å². The number of hydrogen-bond acceptors (Lipinski definition) is 4. The summed E-state index contributed by atoms with van der Waals surface area (Å²) >= 11 is 1.31. The van der Waals surface area contributed by atoms with E-state index in [2.05, 4.69) is 4.99 Å². The first-order valence-electron chi connectivity index (χ1n) is 9.11. The fourth-order valence-corrected chi connectivity index (χ4v) is 3.36. The Morgan fingerprint density at radius 2 is 1.68 bits per heavy atom. The van der Waals surface area contributed by atoms with Crippen LogP contribution in [0.3, 0.4) is 0 Å². The van der Waals surface area contributed by atoms with E-state index >= 15 is 0 Å². The van der Waals surface area contributed by atoms with E-state index < -0.39 is 23.1 Å². The standard InChI is InChI=1S/C22H18F3N3O2S/c1-15-8-10-16(11-9-15)26-19(12-13-31-17-6-4-3-5-7-17)28-20(29)14-18(22(23,24)25)27(2)21(28)30/h3-14H,1-2H3. The smallest absolute Gasteiger partial charge is 0.292 e. The molecule has 0 atom stereocenters. The Morgan fingerprint density at radius 1 is 1.03 bits per heavy atom. The number of aliphatic imine (C=N–C) groups is 1. The zero-order valence-corrected chi connectivity index (χ0v) is 17.4. The second-order valence-corrected chi connectivity index (χ2v) is 7.56. The Hall–Kier alpha value is -3.33. The third-order valence-electron chi connectivity index (χ3n) is 4.28. The van der Waals surface area contributed by atoms with Gasteiger partial charge in [0.25, 0.3) is 5.56 Å². The summed E-state index contributed by atoms with van der Waals surface area (Å²) in [5, 5.41) is 1.62. The molecular weight excluding hydrogens is 427 g/mol. The van der Waals surface area contributed by atoms with E-state index in [0.717, 1.165) is 17.5 Å². The molecule has 0 unspecified atom stereocenters. The maximum atomic E-state index is 13.2. The van der Waals surface area contributed by atoms with Crippen LogP contribution in [0.4, 0.5) is 18.9 Å². The number of benzene rings is 2. The molecule has 0 N–H and O–H groups in total. The Morgan fingerprint density at radius 3 is 2.29 bits per heavy atom. The van der Waals surface area contributed by atoms with Crippen LogP contribution in [0, 0.1) is 6.92 Å². The lowest BCUT2D eigenvalue weighted by atomic mass is 10.2. The van der Waals surface area contributed by atoms with Crippen LogP contribution < -0.4 is 11.2 Å². The largest absolute Gasteiger partial charge is 0.431 e. The van der Waals surface area contributed by atoms with E-state index in [1.54, 1.807) is 29.7 Å². The zero-order valence-electron chi connectivity index (χ0n) is 16.6. The molecule has 0 spiro atoms. The molecule has 9 heteroatoms. The topological polar surface area (TPSA) is 56.4 Å². The highest BCUT2D eigenvalue weighted by molar-refractivity contribution is 8.02. The SMILES string of the molecule is Cc1ccc(N=C(C=CSc2ccccc2)n2c(=O)cc(C(F)(F)F)n(C)c2=O)cc1. The maximum Gasteiger partial charge on any atom is 0.431 e. The first-order chi connectivity index (χ1) is 14.7. The molecule has 3 rings (SSSR count). The highest BCUT2D eigenvalue weighted by Crippen LogP contribution is 2.27. The van der Waals surface area contributed by atoms with E-state index in [4.69, 9.17) is 0 Å². The van der Waals surface area contributed by atoms with Crippen LogP contribution in [0.15, 0.2) is 91.6 Å². The van der Waals surface area contributed by atoms with Gasteiger partial charge in [-0.3, -0.25) is 9.36 Å². The van der Waals surface area contributed by atoms with Gasteiger partial charge in [-0.15, -0.1) is 0 Å². The van der Waals surface area contributed by atoms with Crippen molar-refractivity contribution >= 4 is 23.3 Å². The number of nitrogens with zero attached hydrogens (tertiary/aromatic N) is 3. The van der Waals surface area contributed by atoms with Crippen molar-refractivity contribution in [3.05, 3.63) is 104 Å². The average molecular weight is 445 g/mol. The molecule has 2 aromatic carbocycles. The van der Waals surface area contributed by atoms with Gasteiger partial charge in [-0.2, -0.15) is 13.2 Å². The van der Waals surface area contributed by atoms with Gasteiger partial charge in [0, 0.05) is 18.0 Å². The van der Waals surface area contributed by atoms with Crippen LogP contribution in [0.5, 0.6) is 0 Å². The first-order valence-corrected chi connectivity index (χ1v) is 9.99. The minimum atomic E-state index is -4.83. The monoisotopic (exact) mass is 445 g/mol. The Balaban J connectivity index is 2.12. The molecule has 3 aromatic rings. The molecule has 0 saturated heterocycles. The molecule has 1 aromatic heterocycles. The Labute approximate surface area is 180 Å². The lowest BCUT2D eigenvalue weighted by Gasteiger charge is -2.14. The molecule has 0 aliphatic carbocycles. The summed E-state index contributed by atoms with van der Waals surface area (Å²) in [6, 6.07) is 16.7. The number of rotatable bonds is 4. The summed E-state index contributed by atoms with van der Waals surface area (Å²) in [5.41, 5.74) is -2.14. The Bertz CT molecular complexity index is 1240. The number of aryl methyl sites for hydroxylation is 1. The zero-order chi connectivity index (χ0) is 22.6. The van der Waals surface area contributed by atoms with Crippen molar-refractivity contribution in [1.29, 1.82) is 0 Å². The van der Waals surface area contributed by atoms with Gasteiger partial charge in [-0.05, 0) is 42.7 Å². The van der Waals surface area contributed by atoms with Crippen LogP contribution in [-0.4, -0.2) is 15.0 Å². The van der Waals surface area contributed by atoms with E-state index in [9.17, 15) is 22.8 Å². The van der Waals surface area contributed by atoms with Crippen LogP contribution in [0.1, 0.15) is 11.3 Å². The number of alkyl halides is 3. The second kappa shape index (κ2) is 9.22. The van der Waals surface area contributed by atoms with Crippen molar-refractivity contribution in [3.8, 4) is 0 Å². The summed E-state index contributed by atoms with van der Waals surface area (Å²) in [4.78, 5) is 30.4. The van der Waals surface area contributed by atoms with Crippen LogP contribution >= 0.6 is 11.8 Å². The minimum Gasteiger partial charge on any atom is -0.292 e. The van der Waals surface area contributed by atoms with Crippen molar-refractivity contribution in [2.24, 2.45) is 12.0 Å². The molecule has 0 fully saturated rings. The first kappa shape index (κ1) is 22.4. The maximum absolute atomic E-state index is 13.2. The third-order valence-corrected chi connectivity index (χ3v) is 5.10. The number of allylic oxidation sites excluding steroid dienone is 1. The van der Waals surface area contributed by atoms with Gasteiger partial charge in [0.1, 0.15) is 11.5 Å². The Kier molecular flexibility index (Phi) is 6.65. The molecule has 0 aliphatic rings. The molecule has 0 saturated carbocycles. The highest BCUT2D eigenvalue weighted by Gasteiger charge is 2.35. The molecule has 5 nitrogen and oxygen atoms in total. The fraction of sp³-hybridized carbons (Fsp3) is 0.136. The van der Waals surface area contributed by atoms with Gasteiger partial charge < -0.3 is 0 Å². The van der Waals surface area contributed by atoms with E-state index in [1.807, 2.05) is 37.3 Å². The second-order valence-electron chi connectivity index (χ2n) is 6.58. The summed E-state index contributed by atoms with van der Waals surface area (Å²) in [6.45, 7) is 1.89. The van der Waals surface area contributed by atoms with Crippen LogP contribution in [0.25, 0.3) is 0 Å². The van der Waals surface area contributed by atoms with E-state index in [-0.39, 0.29) is 5.84 Å². The summed E-state index contributed by atoms with van der Waals surface area (Å²) in [6.07, 6.45) is -3.41. The molecule has 0 bridgehead atoms. The fourth-order valence-electron chi connectivity index (χ4n) is 2.69. The van der Waals surface area contributed by atoms with Gasteiger partial charge >= 0.3 is 11.9 Å². The van der Waals surface area contributed by atoms with Crippen molar-refractivity contribution in [1.82, 2.24) is 9.13 Å². The molecular formula is C22H18F3N3O2S. The molecule has 0 aliphatic heterocycles. The van der Waals surface area contributed by atoms with Gasteiger partial charge in [-0.25, -0.2) is 14.4 Å². The quantitative estimate of drug-likeness (QED) is 0.331. The molecule has 0 amide bonds. The normalized spacial score (nSPS) is 12.5. The van der Waals surface area contributed by atoms with Gasteiger partial charge in [0.2, 0.25) is 0 Å². The number of halogens is 3. The number of thioether (sulfide) groups is 1. The molecule has 1 heterocycles. The minimum absolute atomic E-state index is 0.0911. The van der Waals surface area contributed by atoms with Gasteiger partial charge in [0.05, 0.1) is 5.69 Å². The van der Waals surface area contributed by atoms with E-state index in [1.165, 1.54) is 17.8 Å².